The third kappa shape index (κ3) is 6.25. The highest BCUT2D eigenvalue weighted by Crippen LogP contribution is 2.21. The standard InChI is InChI=1S/C16H30N2/c1-15(2,3)10-8-12-18-11-7-9-14(18)13-17-16(4,5)6/h7,9,11,17H,8,10,12-13H2,1-6H3. The summed E-state index contributed by atoms with van der Waals surface area (Å²) in [6.45, 7) is 15.6. The van der Waals surface area contributed by atoms with Gasteiger partial charge in [-0.1, -0.05) is 20.8 Å². The fourth-order valence-electron chi connectivity index (χ4n) is 1.96. The van der Waals surface area contributed by atoms with E-state index in [2.05, 4.69) is 69.8 Å². The first kappa shape index (κ1) is 15.3. The number of hydrogen-bond acceptors (Lipinski definition) is 1. The van der Waals surface area contributed by atoms with Crippen molar-refractivity contribution in [2.75, 3.05) is 0 Å². The van der Waals surface area contributed by atoms with Crippen LogP contribution in [0.3, 0.4) is 0 Å². The maximum absolute atomic E-state index is 3.55. The monoisotopic (exact) mass is 250 g/mol. The molecule has 0 amide bonds. The number of nitrogens with one attached hydrogen (secondary N) is 1. The van der Waals surface area contributed by atoms with E-state index in [-0.39, 0.29) is 5.54 Å². The summed E-state index contributed by atoms with van der Waals surface area (Å²) in [6.07, 6.45) is 4.72. The first-order valence-corrected chi connectivity index (χ1v) is 7.06. The fourth-order valence-corrected chi connectivity index (χ4v) is 1.96. The summed E-state index contributed by atoms with van der Waals surface area (Å²) >= 11 is 0. The Bertz CT molecular complexity index is 350. The molecule has 1 aromatic heterocycles. The van der Waals surface area contributed by atoms with E-state index in [0.717, 1.165) is 13.1 Å². The number of rotatable bonds is 5. The van der Waals surface area contributed by atoms with Crippen LogP contribution in [-0.4, -0.2) is 10.1 Å². The third-order valence-corrected chi connectivity index (χ3v) is 3.05. The van der Waals surface area contributed by atoms with E-state index in [1.165, 1.54) is 18.5 Å². The summed E-state index contributed by atoms with van der Waals surface area (Å²) in [5.41, 5.74) is 2.01. The van der Waals surface area contributed by atoms with Crippen LogP contribution in [0.15, 0.2) is 18.3 Å². The van der Waals surface area contributed by atoms with E-state index < -0.39 is 0 Å². The van der Waals surface area contributed by atoms with Crippen molar-refractivity contribution in [3.63, 3.8) is 0 Å². The van der Waals surface area contributed by atoms with Gasteiger partial charge in [-0.15, -0.1) is 0 Å². The van der Waals surface area contributed by atoms with Crippen LogP contribution in [0.1, 0.15) is 60.1 Å². The molecule has 0 aromatic carbocycles. The minimum atomic E-state index is 0.181. The summed E-state index contributed by atoms with van der Waals surface area (Å²) in [6, 6.07) is 4.37. The van der Waals surface area contributed by atoms with Gasteiger partial charge in [0, 0.05) is 30.5 Å². The Morgan fingerprint density at radius 3 is 2.33 bits per heavy atom. The van der Waals surface area contributed by atoms with Gasteiger partial charge in [-0.25, -0.2) is 0 Å². The second-order valence-corrected chi connectivity index (χ2v) is 7.46. The average molecular weight is 250 g/mol. The van der Waals surface area contributed by atoms with Gasteiger partial charge in [-0.2, -0.15) is 0 Å². The van der Waals surface area contributed by atoms with Crippen LogP contribution in [0.5, 0.6) is 0 Å². The van der Waals surface area contributed by atoms with E-state index >= 15 is 0 Å². The Morgan fingerprint density at radius 2 is 1.78 bits per heavy atom. The molecular weight excluding hydrogens is 220 g/mol. The van der Waals surface area contributed by atoms with Crippen LogP contribution in [0.4, 0.5) is 0 Å². The van der Waals surface area contributed by atoms with Crippen molar-refractivity contribution < 1.29 is 0 Å². The molecule has 0 unspecified atom stereocenters. The molecule has 0 saturated carbocycles. The lowest BCUT2D eigenvalue weighted by molar-refractivity contribution is 0.350. The Balaban J connectivity index is 2.45. The normalized spacial score (nSPS) is 13.0. The molecule has 18 heavy (non-hydrogen) atoms. The molecule has 0 saturated heterocycles. The van der Waals surface area contributed by atoms with Crippen molar-refractivity contribution in [1.29, 1.82) is 0 Å². The second kappa shape index (κ2) is 5.92. The zero-order chi connectivity index (χ0) is 13.8. The van der Waals surface area contributed by atoms with Crippen LogP contribution >= 0.6 is 0 Å². The first-order valence-electron chi connectivity index (χ1n) is 7.06. The topological polar surface area (TPSA) is 17.0 Å². The second-order valence-electron chi connectivity index (χ2n) is 7.46. The molecule has 0 bridgehead atoms. The molecule has 0 aliphatic carbocycles. The summed E-state index contributed by atoms with van der Waals surface area (Å²) in [5.74, 6) is 0. The zero-order valence-electron chi connectivity index (χ0n) is 13.0. The highest BCUT2D eigenvalue weighted by molar-refractivity contribution is 5.07. The Kier molecular flexibility index (Phi) is 5.03. The van der Waals surface area contributed by atoms with Crippen LogP contribution in [0, 0.1) is 5.41 Å². The van der Waals surface area contributed by atoms with Crippen molar-refractivity contribution in [1.82, 2.24) is 9.88 Å². The van der Waals surface area contributed by atoms with Crippen molar-refractivity contribution >= 4 is 0 Å². The smallest absolute Gasteiger partial charge is 0.0363 e. The van der Waals surface area contributed by atoms with Crippen LogP contribution in [0.25, 0.3) is 0 Å². The van der Waals surface area contributed by atoms with E-state index in [4.69, 9.17) is 0 Å². The fraction of sp³-hybridized carbons (Fsp3) is 0.750. The average Bonchev–Trinajstić information content (AvgIpc) is 2.59. The molecule has 0 radical (unpaired) electrons. The molecule has 0 atom stereocenters. The molecule has 0 aliphatic heterocycles. The maximum atomic E-state index is 3.55. The van der Waals surface area contributed by atoms with Crippen molar-refractivity contribution in [2.45, 2.75) is 73.0 Å². The van der Waals surface area contributed by atoms with Crippen molar-refractivity contribution in [2.24, 2.45) is 5.41 Å². The Labute approximate surface area is 113 Å². The molecule has 1 N–H and O–H groups in total. The van der Waals surface area contributed by atoms with Gasteiger partial charge >= 0.3 is 0 Å². The van der Waals surface area contributed by atoms with E-state index in [1.54, 1.807) is 0 Å². The zero-order valence-corrected chi connectivity index (χ0v) is 13.0. The molecule has 1 heterocycles. The third-order valence-electron chi connectivity index (χ3n) is 3.05. The number of hydrogen-bond donors (Lipinski definition) is 1. The lowest BCUT2D eigenvalue weighted by Gasteiger charge is -2.22. The number of aromatic nitrogens is 1. The molecule has 104 valence electrons. The SMILES string of the molecule is CC(C)(C)CCCn1cccc1CNC(C)(C)C. The Morgan fingerprint density at radius 1 is 1.11 bits per heavy atom. The van der Waals surface area contributed by atoms with E-state index in [1.807, 2.05) is 0 Å². The molecule has 1 aromatic rings. The van der Waals surface area contributed by atoms with Gasteiger partial charge in [0.15, 0.2) is 0 Å². The highest BCUT2D eigenvalue weighted by atomic mass is 15.0. The number of aryl methyl sites for hydroxylation is 1. The molecule has 1 rings (SSSR count). The Hall–Kier alpha value is -0.760. The van der Waals surface area contributed by atoms with Gasteiger partial charge in [0.2, 0.25) is 0 Å². The molecule has 2 heteroatoms. The van der Waals surface area contributed by atoms with Gasteiger partial charge < -0.3 is 9.88 Å². The van der Waals surface area contributed by atoms with Gasteiger partial charge in [-0.05, 0) is 51.2 Å². The minimum absolute atomic E-state index is 0.181. The van der Waals surface area contributed by atoms with Crippen molar-refractivity contribution in [3.8, 4) is 0 Å². The maximum Gasteiger partial charge on any atom is 0.0363 e. The molecule has 0 aliphatic rings. The largest absolute Gasteiger partial charge is 0.350 e. The van der Waals surface area contributed by atoms with Gasteiger partial charge in [0.05, 0.1) is 0 Å². The predicted molar refractivity (Wildman–Crippen MR) is 79.7 cm³/mol. The summed E-state index contributed by atoms with van der Waals surface area (Å²) in [5, 5.41) is 3.55. The summed E-state index contributed by atoms with van der Waals surface area (Å²) in [7, 11) is 0. The van der Waals surface area contributed by atoms with Gasteiger partial charge in [-0.3, -0.25) is 0 Å². The number of nitrogens with zero attached hydrogens (tertiary/aromatic N) is 1. The lowest BCUT2D eigenvalue weighted by Crippen LogP contribution is -2.35. The summed E-state index contributed by atoms with van der Waals surface area (Å²) < 4.78 is 2.38. The van der Waals surface area contributed by atoms with E-state index in [9.17, 15) is 0 Å². The van der Waals surface area contributed by atoms with Gasteiger partial charge in [0.1, 0.15) is 0 Å². The minimum Gasteiger partial charge on any atom is -0.350 e. The molecule has 2 nitrogen and oxygen atoms in total. The van der Waals surface area contributed by atoms with Gasteiger partial charge in [0.25, 0.3) is 0 Å². The van der Waals surface area contributed by atoms with Crippen molar-refractivity contribution in [3.05, 3.63) is 24.0 Å². The predicted octanol–water partition coefficient (Wildman–Crippen LogP) is 4.20. The molecular formula is C16H30N2. The quantitative estimate of drug-likeness (QED) is 0.828. The van der Waals surface area contributed by atoms with Crippen LogP contribution in [-0.2, 0) is 13.1 Å². The first-order chi connectivity index (χ1) is 8.17. The van der Waals surface area contributed by atoms with Crippen LogP contribution in [0.2, 0.25) is 0 Å². The molecule has 0 spiro atoms. The summed E-state index contributed by atoms with van der Waals surface area (Å²) in [4.78, 5) is 0. The lowest BCUT2D eigenvalue weighted by atomic mass is 9.91. The highest BCUT2D eigenvalue weighted by Gasteiger charge is 2.12. The molecule has 0 fully saturated rings. The van der Waals surface area contributed by atoms with E-state index in [0.29, 0.717) is 5.41 Å². The van der Waals surface area contributed by atoms with Crippen LogP contribution < -0.4 is 5.32 Å².